The number of amides is 1. The van der Waals surface area contributed by atoms with Gasteiger partial charge >= 0.3 is 0 Å². The molecule has 1 aromatic heterocycles. The van der Waals surface area contributed by atoms with Gasteiger partial charge in [0.25, 0.3) is 0 Å². The second kappa shape index (κ2) is 8.73. The predicted molar refractivity (Wildman–Crippen MR) is 118 cm³/mol. The lowest BCUT2D eigenvalue weighted by Gasteiger charge is -2.53. The van der Waals surface area contributed by atoms with Crippen LogP contribution in [0, 0.1) is 23.2 Å². The first-order valence-corrected chi connectivity index (χ1v) is 12.1. The highest BCUT2D eigenvalue weighted by Crippen LogP contribution is 2.57. The van der Waals surface area contributed by atoms with Crippen LogP contribution in [0.3, 0.4) is 0 Å². The number of thiazole rings is 1. The Morgan fingerprint density at radius 2 is 2.20 bits per heavy atom. The molecule has 1 saturated carbocycles. The number of anilines is 1. The van der Waals surface area contributed by atoms with Crippen molar-refractivity contribution in [3.63, 3.8) is 0 Å². The molecule has 4 N–H and O–H groups in total. The van der Waals surface area contributed by atoms with Crippen LogP contribution in [0.25, 0.3) is 0 Å². The number of nitrogens with zero attached hydrogens (tertiary/aromatic N) is 2. The summed E-state index contributed by atoms with van der Waals surface area (Å²) in [6.45, 7) is 11.3. The van der Waals surface area contributed by atoms with E-state index in [1.54, 1.807) is 11.3 Å². The highest BCUT2D eigenvalue weighted by atomic mass is 32.1. The number of carbonyl (C=O) groups is 1. The fourth-order valence-corrected chi connectivity index (χ4v) is 7.22. The molecule has 1 aromatic rings. The lowest BCUT2D eigenvalue weighted by Crippen LogP contribution is -2.53. The Kier molecular flexibility index (Phi) is 6.40. The fraction of sp³-hybridized carbons (Fsp3) is 0.818. The van der Waals surface area contributed by atoms with Gasteiger partial charge < -0.3 is 20.9 Å². The first-order valence-electron chi connectivity index (χ1n) is 11.3. The maximum Gasteiger partial charge on any atom is 0.223 e. The number of aliphatic hydroxyl groups is 1. The van der Waals surface area contributed by atoms with Gasteiger partial charge in [-0.05, 0) is 36.5 Å². The summed E-state index contributed by atoms with van der Waals surface area (Å²) < 4.78 is 5.37. The monoisotopic (exact) mass is 436 g/mol. The molecular formula is C22H36N4O3S. The summed E-state index contributed by atoms with van der Waals surface area (Å²) in [5.74, 6) is 0.0864. The number of nitrogens with two attached hydrogens (primary N) is 1. The summed E-state index contributed by atoms with van der Waals surface area (Å²) in [5.41, 5.74) is 7.08. The van der Waals surface area contributed by atoms with Gasteiger partial charge in [-0.2, -0.15) is 0 Å². The largest absolute Gasteiger partial charge is 0.392 e. The van der Waals surface area contributed by atoms with Gasteiger partial charge in [0.1, 0.15) is 0 Å². The van der Waals surface area contributed by atoms with Crippen molar-refractivity contribution in [2.75, 3.05) is 45.1 Å². The molecule has 3 aliphatic rings. The minimum Gasteiger partial charge on any atom is -0.392 e. The highest BCUT2D eigenvalue weighted by molar-refractivity contribution is 7.15. The number of hydrogen-bond acceptors (Lipinski definition) is 7. The molecule has 1 aliphatic heterocycles. The third kappa shape index (κ3) is 4.11. The summed E-state index contributed by atoms with van der Waals surface area (Å²) in [6.07, 6.45) is 2.32. The summed E-state index contributed by atoms with van der Waals surface area (Å²) in [6, 6.07) is 0. The van der Waals surface area contributed by atoms with Crippen molar-refractivity contribution >= 4 is 22.4 Å². The summed E-state index contributed by atoms with van der Waals surface area (Å²) >= 11 is 1.59. The molecule has 7 nitrogen and oxygen atoms in total. The average molecular weight is 437 g/mol. The number of aliphatic hydroxyl groups excluding tert-OH is 1. The number of nitrogens with one attached hydrogen (secondary N) is 1. The average Bonchev–Trinajstić information content (AvgIpc) is 3.08. The molecule has 0 aromatic carbocycles. The van der Waals surface area contributed by atoms with Gasteiger partial charge in [-0.3, -0.25) is 9.69 Å². The first kappa shape index (κ1) is 22.0. The molecule has 0 spiro atoms. The number of fused-ring (bicyclic) bond motifs is 2. The van der Waals surface area contributed by atoms with Gasteiger partial charge in [0.15, 0.2) is 5.13 Å². The molecule has 4 rings (SSSR count). The highest BCUT2D eigenvalue weighted by Gasteiger charge is 2.53. The number of hydrogen-bond donors (Lipinski definition) is 3. The Balaban J connectivity index is 1.39. The number of morpholine rings is 1. The van der Waals surface area contributed by atoms with Crippen molar-refractivity contribution in [1.82, 2.24) is 15.2 Å². The molecule has 30 heavy (non-hydrogen) atoms. The van der Waals surface area contributed by atoms with Crippen molar-refractivity contribution in [1.29, 1.82) is 0 Å². The summed E-state index contributed by atoms with van der Waals surface area (Å²) in [7, 11) is 0. The molecule has 2 aliphatic carbocycles. The molecular weight excluding hydrogens is 400 g/mol. The predicted octanol–water partition coefficient (Wildman–Crippen LogP) is 1.86. The van der Waals surface area contributed by atoms with Crippen molar-refractivity contribution in [3.8, 4) is 0 Å². The van der Waals surface area contributed by atoms with E-state index in [0.717, 1.165) is 57.8 Å². The molecule has 2 fully saturated rings. The zero-order chi connectivity index (χ0) is 21.5. The van der Waals surface area contributed by atoms with Crippen molar-refractivity contribution < 1.29 is 14.6 Å². The SMILES string of the molecule is C[C@H](C(=O)NCCN1CCOCC1)[C@H]1CC[C@]2(C)Cc3sc(N)nc3[C@@H](C)[C@@H]2[C@H]1O. The Morgan fingerprint density at radius 3 is 2.93 bits per heavy atom. The maximum absolute atomic E-state index is 12.9. The van der Waals surface area contributed by atoms with E-state index in [2.05, 4.69) is 29.0 Å². The van der Waals surface area contributed by atoms with E-state index in [-0.39, 0.29) is 35.0 Å². The van der Waals surface area contributed by atoms with Gasteiger partial charge in [-0.15, -0.1) is 11.3 Å². The second-order valence-corrected chi connectivity index (χ2v) is 10.8. The topological polar surface area (TPSA) is 101 Å². The number of rotatable bonds is 5. The molecule has 0 radical (unpaired) electrons. The zero-order valence-electron chi connectivity index (χ0n) is 18.4. The lowest BCUT2D eigenvalue weighted by atomic mass is 9.53. The Labute approximate surface area is 183 Å². The van der Waals surface area contributed by atoms with E-state index in [1.807, 2.05) is 6.92 Å². The number of aromatic nitrogens is 1. The summed E-state index contributed by atoms with van der Waals surface area (Å²) in [4.78, 5) is 21.0. The normalized spacial score (nSPS) is 35.3. The van der Waals surface area contributed by atoms with Crippen molar-refractivity contribution in [3.05, 3.63) is 10.6 Å². The van der Waals surface area contributed by atoms with Gasteiger partial charge in [0, 0.05) is 42.9 Å². The van der Waals surface area contributed by atoms with Gasteiger partial charge in [0.2, 0.25) is 5.91 Å². The number of nitrogen functional groups attached to an aromatic ring is 1. The van der Waals surface area contributed by atoms with Crippen LogP contribution < -0.4 is 11.1 Å². The van der Waals surface area contributed by atoms with Crippen LogP contribution in [0.4, 0.5) is 5.13 Å². The van der Waals surface area contributed by atoms with Gasteiger partial charge in [0.05, 0.1) is 25.0 Å². The van der Waals surface area contributed by atoms with Crippen LogP contribution in [0.2, 0.25) is 0 Å². The van der Waals surface area contributed by atoms with E-state index in [0.29, 0.717) is 11.7 Å². The van der Waals surface area contributed by atoms with E-state index in [1.165, 1.54) is 4.88 Å². The molecule has 1 amide bonds. The fourth-order valence-electron chi connectivity index (χ4n) is 6.08. The van der Waals surface area contributed by atoms with Gasteiger partial charge in [-0.1, -0.05) is 20.8 Å². The third-order valence-electron chi connectivity index (χ3n) is 7.83. The van der Waals surface area contributed by atoms with Crippen LogP contribution in [0.15, 0.2) is 0 Å². The number of carbonyl (C=O) groups excluding carboxylic acids is 1. The molecule has 168 valence electrons. The first-order chi connectivity index (χ1) is 14.3. The van der Waals surface area contributed by atoms with E-state index < -0.39 is 6.10 Å². The quantitative estimate of drug-likeness (QED) is 0.651. The maximum atomic E-state index is 12.9. The van der Waals surface area contributed by atoms with Crippen molar-refractivity contribution in [2.24, 2.45) is 23.2 Å². The second-order valence-electron chi connectivity index (χ2n) is 9.73. The summed E-state index contributed by atoms with van der Waals surface area (Å²) in [5, 5.41) is 15.1. The van der Waals surface area contributed by atoms with Crippen LogP contribution >= 0.6 is 11.3 Å². The Morgan fingerprint density at radius 1 is 1.47 bits per heavy atom. The molecule has 0 bridgehead atoms. The van der Waals surface area contributed by atoms with Gasteiger partial charge in [-0.25, -0.2) is 4.98 Å². The molecule has 8 heteroatoms. The molecule has 6 atom stereocenters. The third-order valence-corrected chi connectivity index (χ3v) is 8.73. The van der Waals surface area contributed by atoms with E-state index >= 15 is 0 Å². The van der Waals surface area contributed by atoms with Crippen LogP contribution in [-0.2, 0) is 16.0 Å². The number of ether oxygens (including phenoxy) is 1. The smallest absolute Gasteiger partial charge is 0.223 e. The van der Waals surface area contributed by atoms with E-state index in [4.69, 9.17) is 10.5 Å². The van der Waals surface area contributed by atoms with Crippen LogP contribution in [-0.4, -0.2) is 66.4 Å². The molecule has 1 saturated heterocycles. The zero-order valence-corrected chi connectivity index (χ0v) is 19.2. The van der Waals surface area contributed by atoms with E-state index in [9.17, 15) is 9.90 Å². The van der Waals surface area contributed by atoms with Crippen molar-refractivity contribution in [2.45, 2.75) is 52.1 Å². The molecule has 0 unspecified atom stereocenters. The van der Waals surface area contributed by atoms with Crippen LogP contribution in [0.5, 0.6) is 0 Å². The Hall–Kier alpha value is -1.22. The lowest BCUT2D eigenvalue weighted by molar-refractivity contribution is -0.134. The minimum absolute atomic E-state index is 0.0218. The minimum atomic E-state index is -0.505. The Bertz CT molecular complexity index is 766. The molecule has 2 heterocycles. The van der Waals surface area contributed by atoms with Crippen LogP contribution in [0.1, 0.15) is 50.1 Å². The standard InChI is InChI=1S/C22H36N4O3S/c1-13(20(28)24-6-7-26-8-10-29-11-9-26)15-4-5-22(3)12-16-18(25-21(23)30-16)14(2)17(22)19(15)27/h13-15,17,19,27H,4-12H2,1-3H3,(H2,23,25)(H,24,28)/t13-,14-,15+,17+,19-,22+/m0/s1.